The molecule has 0 spiro atoms. The molecule has 0 atom stereocenters. The van der Waals surface area contributed by atoms with E-state index in [2.05, 4.69) is 9.97 Å². The van der Waals surface area contributed by atoms with Crippen molar-refractivity contribution in [3.05, 3.63) is 50.7 Å². The highest BCUT2D eigenvalue weighted by Crippen LogP contribution is 2.26. The molecule has 0 radical (unpaired) electrons. The molecule has 0 bridgehead atoms. The Morgan fingerprint density at radius 2 is 2.05 bits per heavy atom. The average Bonchev–Trinajstić information content (AvgIpc) is 2.26. The maximum Gasteiger partial charge on any atom is 0.332 e. The van der Waals surface area contributed by atoms with Crippen LogP contribution in [0.15, 0.2) is 24.3 Å². The van der Waals surface area contributed by atoms with Crippen molar-refractivity contribution in [1.29, 1.82) is 0 Å². The summed E-state index contributed by atoms with van der Waals surface area (Å²) in [7, 11) is 0. The fraction of sp³-hybridized carbons (Fsp3) is 0.0909. The molecule has 7 nitrogen and oxygen atoms in total. The predicted molar refractivity (Wildman–Crippen MR) is 71.8 cm³/mol. The quantitative estimate of drug-likeness (QED) is 0.652. The molecular weight excluding hydrogens is 270 g/mol. The smallest absolute Gasteiger partial charge is 0.332 e. The minimum atomic E-state index is -0.616. The number of nitro groups is 1. The monoisotopic (exact) mass is 279 g/mol. The lowest BCUT2D eigenvalue weighted by molar-refractivity contribution is -0.385. The van der Waals surface area contributed by atoms with Gasteiger partial charge in [0.1, 0.15) is 5.69 Å². The minimum Gasteiger partial charge on any atom is -0.378 e. The Kier molecular flexibility index (Phi) is 3.48. The van der Waals surface area contributed by atoms with Gasteiger partial charge in [0.2, 0.25) is 11.8 Å². The summed E-state index contributed by atoms with van der Waals surface area (Å²) in [6.07, 6.45) is 0.202. The number of nitrogens with zero attached hydrogens (tertiary/aromatic N) is 3. The molecule has 0 fully saturated rings. The van der Waals surface area contributed by atoms with Crippen LogP contribution in [0.5, 0.6) is 0 Å². The van der Waals surface area contributed by atoms with Gasteiger partial charge in [0.25, 0.3) is 0 Å². The molecule has 8 heteroatoms. The standard InChI is InChI=1S/C11H10ClN5O2/c12-7-3-1-2-6(4-7)5-8-9(17(18)19)10(13)16-11(14)15-8/h1-4H,5H2,(H4,13,14,15,16). The summed E-state index contributed by atoms with van der Waals surface area (Å²) < 4.78 is 0. The molecule has 0 aliphatic rings. The van der Waals surface area contributed by atoms with Crippen LogP contribution in [0, 0.1) is 10.1 Å². The van der Waals surface area contributed by atoms with E-state index in [1.54, 1.807) is 24.3 Å². The Morgan fingerprint density at radius 1 is 1.32 bits per heavy atom. The van der Waals surface area contributed by atoms with Crippen molar-refractivity contribution < 1.29 is 4.92 Å². The lowest BCUT2D eigenvalue weighted by Gasteiger charge is -2.05. The molecule has 0 aliphatic heterocycles. The van der Waals surface area contributed by atoms with Gasteiger partial charge in [0, 0.05) is 11.4 Å². The van der Waals surface area contributed by atoms with Gasteiger partial charge in [-0.2, -0.15) is 4.98 Å². The molecule has 2 rings (SSSR count). The van der Waals surface area contributed by atoms with Crippen molar-refractivity contribution in [3.63, 3.8) is 0 Å². The summed E-state index contributed by atoms with van der Waals surface area (Å²) in [5.74, 6) is -0.338. The molecule has 0 aliphatic carbocycles. The van der Waals surface area contributed by atoms with Crippen LogP contribution in [0.2, 0.25) is 5.02 Å². The normalized spacial score (nSPS) is 10.4. The van der Waals surface area contributed by atoms with Crippen LogP contribution >= 0.6 is 11.6 Å². The number of nitrogen functional groups attached to an aromatic ring is 2. The fourth-order valence-electron chi connectivity index (χ4n) is 1.70. The molecule has 4 N–H and O–H groups in total. The number of rotatable bonds is 3. The Bertz CT molecular complexity index is 647. The molecule has 19 heavy (non-hydrogen) atoms. The summed E-state index contributed by atoms with van der Waals surface area (Å²) >= 11 is 5.86. The zero-order valence-electron chi connectivity index (χ0n) is 9.71. The number of nitrogens with two attached hydrogens (primary N) is 2. The third kappa shape index (κ3) is 2.89. The molecule has 2 aromatic rings. The van der Waals surface area contributed by atoms with Crippen LogP contribution in [-0.4, -0.2) is 14.9 Å². The summed E-state index contributed by atoms with van der Waals surface area (Å²) in [5.41, 5.74) is 11.6. The third-order valence-corrected chi connectivity index (χ3v) is 2.68. The van der Waals surface area contributed by atoms with Gasteiger partial charge in [0.05, 0.1) is 4.92 Å². The first kappa shape index (κ1) is 13.0. The second-order valence-corrected chi connectivity index (χ2v) is 4.26. The first-order valence-electron chi connectivity index (χ1n) is 5.28. The van der Waals surface area contributed by atoms with Gasteiger partial charge in [-0.3, -0.25) is 10.1 Å². The van der Waals surface area contributed by atoms with Gasteiger partial charge in [-0.25, -0.2) is 4.98 Å². The van der Waals surface area contributed by atoms with Gasteiger partial charge in [0.15, 0.2) is 0 Å². The molecule has 0 saturated carbocycles. The molecule has 98 valence electrons. The predicted octanol–water partition coefficient (Wildman–Crippen LogP) is 1.79. The first-order valence-corrected chi connectivity index (χ1v) is 5.66. The summed E-state index contributed by atoms with van der Waals surface area (Å²) in [6, 6.07) is 6.93. The first-order chi connectivity index (χ1) is 8.97. The van der Waals surface area contributed by atoms with Crippen molar-refractivity contribution in [3.8, 4) is 0 Å². The lowest BCUT2D eigenvalue weighted by Crippen LogP contribution is -2.09. The van der Waals surface area contributed by atoms with Crippen molar-refractivity contribution in [2.75, 3.05) is 11.5 Å². The maximum absolute atomic E-state index is 11.0. The third-order valence-electron chi connectivity index (χ3n) is 2.44. The molecule has 1 heterocycles. The van der Waals surface area contributed by atoms with Gasteiger partial charge >= 0.3 is 5.69 Å². The highest BCUT2D eigenvalue weighted by atomic mass is 35.5. The van der Waals surface area contributed by atoms with E-state index in [1.165, 1.54) is 0 Å². The van der Waals surface area contributed by atoms with Crippen molar-refractivity contribution in [1.82, 2.24) is 9.97 Å². The molecular formula is C11H10ClN5O2. The van der Waals surface area contributed by atoms with Crippen LogP contribution in [0.3, 0.4) is 0 Å². The fourth-order valence-corrected chi connectivity index (χ4v) is 1.92. The molecule has 0 amide bonds. The van der Waals surface area contributed by atoms with E-state index in [1.807, 2.05) is 0 Å². The average molecular weight is 280 g/mol. The van der Waals surface area contributed by atoms with E-state index in [0.717, 1.165) is 5.56 Å². The maximum atomic E-state index is 11.0. The lowest BCUT2D eigenvalue weighted by atomic mass is 10.1. The van der Waals surface area contributed by atoms with Crippen LogP contribution < -0.4 is 11.5 Å². The molecule has 0 saturated heterocycles. The van der Waals surface area contributed by atoms with Crippen LogP contribution in [0.1, 0.15) is 11.3 Å². The SMILES string of the molecule is Nc1nc(N)c([N+](=O)[O-])c(Cc2cccc(Cl)c2)n1. The van der Waals surface area contributed by atoms with E-state index < -0.39 is 4.92 Å². The summed E-state index contributed by atoms with van der Waals surface area (Å²) in [5, 5.41) is 11.5. The Hall–Kier alpha value is -2.41. The highest BCUT2D eigenvalue weighted by Gasteiger charge is 2.22. The van der Waals surface area contributed by atoms with E-state index >= 15 is 0 Å². The highest BCUT2D eigenvalue weighted by molar-refractivity contribution is 6.30. The van der Waals surface area contributed by atoms with Crippen LogP contribution in [0.4, 0.5) is 17.5 Å². The van der Waals surface area contributed by atoms with Crippen molar-refractivity contribution in [2.24, 2.45) is 0 Å². The van der Waals surface area contributed by atoms with E-state index in [-0.39, 0.29) is 29.6 Å². The van der Waals surface area contributed by atoms with Gasteiger partial charge in [-0.1, -0.05) is 23.7 Å². The van der Waals surface area contributed by atoms with Gasteiger partial charge < -0.3 is 11.5 Å². The molecule has 1 aromatic heterocycles. The van der Waals surface area contributed by atoms with Crippen molar-refractivity contribution in [2.45, 2.75) is 6.42 Å². The minimum absolute atomic E-state index is 0.0971. The van der Waals surface area contributed by atoms with Gasteiger partial charge in [-0.05, 0) is 17.7 Å². The number of anilines is 2. The number of hydrogen-bond donors (Lipinski definition) is 2. The zero-order chi connectivity index (χ0) is 14.0. The van der Waals surface area contributed by atoms with E-state index in [0.29, 0.717) is 5.02 Å². The van der Waals surface area contributed by atoms with E-state index in [4.69, 9.17) is 23.1 Å². The number of hydrogen-bond acceptors (Lipinski definition) is 6. The van der Waals surface area contributed by atoms with Crippen molar-refractivity contribution >= 4 is 29.1 Å². The Balaban J connectivity index is 2.47. The molecule has 1 aromatic carbocycles. The Labute approximate surface area is 113 Å². The number of aromatic nitrogens is 2. The van der Waals surface area contributed by atoms with Gasteiger partial charge in [-0.15, -0.1) is 0 Å². The van der Waals surface area contributed by atoms with Crippen LogP contribution in [-0.2, 0) is 6.42 Å². The zero-order valence-corrected chi connectivity index (χ0v) is 10.5. The second kappa shape index (κ2) is 5.07. The topological polar surface area (TPSA) is 121 Å². The van der Waals surface area contributed by atoms with Crippen LogP contribution in [0.25, 0.3) is 0 Å². The second-order valence-electron chi connectivity index (χ2n) is 3.83. The summed E-state index contributed by atoms with van der Waals surface area (Å²) in [4.78, 5) is 17.8. The summed E-state index contributed by atoms with van der Waals surface area (Å²) in [6.45, 7) is 0. The number of benzene rings is 1. The molecule has 0 unspecified atom stereocenters. The van der Waals surface area contributed by atoms with E-state index in [9.17, 15) is 10.1 Å². The number of halogens is 1. The Morgan fingerprint density at radius 3 is 2.68 bits per heavy atom. The largest absolute Gasteiger partial charge is 0.378 e.